The van der Waals surface area contributed by atoms with Crippen LogP contribution in [-0.2, 0) is 16.0 Å². The van der Waals surface area contributed by atoms with Crippen LogP contribution in [0.2, 0.25) is 0 Å². The molecule has 2 rings (SSSR count). The number of nitrogens with one attached hydrogen (secondary N) is 1. The Bertz CT molecular complexity index is 695. The van der Waals surface area contributed by atoms with E-state index in [1.807, 2.05) is 0 Å². The smallest absolute Gasteiger partial charge is 0.416 e. The molecule has 0 saturated heterocycles. The first-order chi connectivity index (χ1) is 11.1. The van der Waals surface area contributed by atoms with Crippen molar-refractivity contribution >= 4 is 15.9 Å². The number of hydrogen-bond acceptors (Lipinski definition) is 3. The molecule has 1 aromatic carbocycles. The van der Waals surface area contributed by atoms with Gasteiger partial charge in [0.15, 0.2) is 9.84 Å². The first kappa shape index (κ1) is 18.6. The fourth-order valence-electron chi connectivity index (χ4n) is 2.92. The lowest BCUT2D eigenvalue weighted by Gasteiger charge is -2.28. The van der Waals surface area contributed by atoms with Gasteiger partial charge in [0, 0.05) is 6.04 Å². The van der Waals surface area contributed by atoms with E-state index in [0.29, 0.717) is 31.7 Å². The Morgan fingerprint density at radius 2 is 1.83 bits per heavy atom. The first-order valence-electron chi connectivity index (χ1n) is 7.47. The summed E-state index contributed by atoms with van der Waals surface area (Å²) in [5.74, 6) is -0.412. The van der Waals surface area contributed by atoms with Gasteiger partial charge < -0.3 is 10.4 Å². The molecule has 1 aromatic rings. The summed E-state index contributed by atoms with van der Waals surface area (Å²) >= 11 is 0. The summed E-state index contributed by atoms with van der Waals surface area (Å²) in [6, 6.07) is 3.55. The second-order valence-corrected chi connectivity index (χ2v) is 8.01. The molecule has 24 heavy (non-hydrogen) atoms. The predicted octanol–water partition coefficient (Wildman–Crippen LogP) is 3.31. The summed E-state index contributed by atoms with van der Waals surface area (Å²) < 4.78 is 62.9. The lowest BCUT2D eigenvalue weighted by atomic mass is 9.87. The number of benzene rings is 1. The third-order valence-corrected chi connectivity index (χ3v) is 6.03. The maximum Gasteiger partial charge on any atom is 0.416 e. The average molecular weight is 365 g/mol. The molecule has 1 fully saturated rings. The van der Waals surface area contributed by atoms with Crippen LogP contribution in [0.1, 0.15) is 31.2 Å². The topological polar surface area (TPSA) is 83.5 Å². The van der Waals surface area contributed by atoms with E-state index in [1.54, 1.807) is 0 Å². The summed E-state index contributed by atoms with van der Waals surface area (Å²) in [5, 5.41) is 11.0. The van der Waals surface area contributed by atoms with Crippen LogP contribution in [-0.4, -0.2) is 31.4 Å². The summed E-state index contributed by atoms with van der Waals surface area (Å²) in [7, 11) is -3.82. The molecular formula is C15H18F3NO4S. The van der Waals surface area contributed by atoms with Gasteiger partial charge in [-0.15, -0.1) is 0 Å². The Morgan fingerprint density at radius 3 is 2.38 bits per heavy atom. The summed E-state index contributed by atoms with van der Waals surface area (Å²) in [4.78, 5) is 10.2. The Labute approximate surface area is 137 Å². The number of carbonyl (C=O) groups is 1. The lowest BCUT2D eigenvalue weighted by molar-refractivity contribution is -0.137. The minimum atomic E-state index is -4.59. The highest BCUT2D eigenvalue weighted by Gasteiger charge is 2.32. The standard InChI is InChI=1S/C15H18F3NO4S/c16-15(17,18)11-2-1-3-13(8-11)24(22,23)9-10-4-6-12(7-5-10)19-14(20)21/h1-3,8,10,12,19H,4-7,9H2,(H,20,21)/t10-,12+. The average Bonchev–Trinajstić information content (AvgIpc) is 2.48. The van der Waals surface area contributed by atoms with Gasteiger partial charge in [-0.25, -0.2) is 13.2 Å². The van der Waals surface area contributed by atoms with Crippen LogP contribution in [0.5, 0.6) is 0 Å². The molecule has 1 aliphatic rings. The maximum atomic E-state index is 12.7. The summed E-state index contributed by atoms with van der Waals surface area (Å²) in [6.45, 7) is 0. The van der Waals surface area contributed by atoms with Crippen molar-refractivity contribution in [1.82, 2.24) is 5.32 Å². The van der Waals surface area contributed by atoms with Crippen LogP contribution in [0, 0.1) is 5.92 Å². The Kier molecular flexibility index (Phi) is 5.42. The maximum absolute atomic E-state index is 12.7. The molecule has 2 N–H and O–H groups in total. The molecule has 0 aliphatic heterocycles. The second kappa shape index (κ2) is 7.00. The van der Waals surface area contributed by atoms with E-state index in [0.717, 1.165) is 12.1 Å². The van der Waals surface area contributed by atoms with E-state index < -0.39 is 27.7 Å². The highest BCUT2D eigenvalue weighted by molar-refractivity contribution is 7.91. The van der Waals surface area contributed by atoms with E-state index in [9.17, 15) is 26.4 Å². The molecule has 0 radical (unpaired) electrons. The number of halogens is 3. The minimum absolute atomic E-state index is 0.184. The van der Waals surface area contributed by atoms with Crippen LogP contribution in [0.15, 0.2) is 29.2 Å². The quantitative estimate of drug-likeness (QED) is 0.858. The number of amides is 1. The monoisotopic (exact) mass is 365 g/mol. The minimum Gasteiger partial charge on any atom is -0.465 e. The lowest BCUT2D eigenvalue weighted by Crippen LogP contribution is -2.37. The Hall–Kier alpha value is -1.77. The molecular weight excluding hydrogens is 347 g/mol. The number of alkyl halides is 3. The van der Waals surface area contributed by atoms with Crippen molar-refractivity contribution in [2.45, 2.75) is 42.8 Å². The Balaban J connectivity index is 2.04. The van der Waals surface area contributed by atoms with Crippen molar-refractivity contribution in [1.29, 1.82) is 0 Å². The number of hydrogen-bond donors (Lipinski definition) is 2. The van der Waals surface area contributed by atoms with Gasteiger partial charge >= 0.3 is 12.3 Å². The van der Waals surface area contributed by atoms with Gasteiger partial charge in [-0.1, -0.05) is 6.07 Å². The third kappa shape index (κ3) is 4.86. The molecule has 0 heterocycles. The molecule has 1 saturated carbocycles. The van der Waals surface area contributed by atoms with E-state index in [2.05, 4.69) is 5.32 Å². The zero-order chi connectivity index (χ0) is 18.0. The van der Waals surface area contributed by atoms with Gasteiger partial charge in [0.25, 0.3) is 0 Å². The molecule has 0 atom stereocenters. The molecule has 1 aliphatic carbocycles. The highest BCUT2D eigenvalue weighted by Crippen LogP contribution is 2.32. The fraction of sp³-hybridized carbons (Fsp3) is 0.533. The molecule has 9 heteroatoms. The van der Waals surface area contributed by atoms with Crippen molar-refractivity contribution in [2.75, 3.05) is 5.75 Å². The van der Waals surface area contributed by atoms with Crippen LogP contribution < -0.4 is 5.32 Å². The van der Waals surface area contributed by atoms with E-state index in [1.165, 1.54) is 6.07 Å². The number of rotatable bonds is 4. The van der Waals surface area contributed by atoms with Gasteiger partial charge in [0.05, 0.1) is 16.2 Å². The third-order valence-electron chi connectivity index (χ3n) is 4.15. The number of sulfone groups is 1. The van der Waals surface area contributed by atoms with E-state index >= 15 is 0 Å². The Morgan fingerprint density at radius 1 is 1.21 bits per heavy atom. The molecule has 0 unspecified atom stereocenters. The van der Waals surface area contributed by atoms with Gasteiger partial charge in [-0.05, 0) is 49.8 Å². The molecule has 0 bridgehead atoms. The molecule has 134 valence electrons. The zero-order valence-electron chi connectivity index (χ0n) is 12.7. The van der Waals surface area contributed by atoms with E-state index in [4.69, 9.17) is 5.11 Å². The predicted molar refractivity (Wildman–Crippen MR) is 80.4 cm³/mol. The SMILES string of the molecule is O=C(O)N[C@H]1CC[C@@H](CS(=O)(=O)c2cccc(C(F)(F)F)c2)CC1. The van der Waals surface area contributed by atoms with Gasteiger partial charge in [-0.3, -0.25) is 0 Å². The number of carboxylic acid groups (broad SMARTS) is 1. The van der Waals surface area contributed by atoms with Gasteiger partial charge in [0.2, 0.25) is 0 Å². The van der Waals surface area contributed by atoms with Crippen molar-refractivity contribution in [3.63, 3.8) is 0 Å². The zero-order valence-corrected chi connectivity index (χ0v) is 13.5. The highest BCUT2D eigenvalue weighted by atomic mass is 32.2. The van der Waals surface area contributed by atoms with Gasteiger partial charge in [-0.2, -0.15) is 13.2 Å². The first-order valence-corrected chi connectivity index (χ1v) is 9.12. The molecule has 0 aromatic heterocycles. The van der Waals surface area contributed by atoms with Crippen molar-refractivity contribution in [3.8, 4) is 0 Å². The van der Waals surface area contributed by atoms with Crippen LogP contribution in [0.3, 0.4) is 0 Å². The second-order valence-electron chi connectivity index (χ2n) is 5.97. The van der Waals surface area contributed by atoms with Crippen molar-refractivity contribution < 1.29 is 31.5 Å². The molecule has 5 nitrogen and oxygen atoms in total. The van der Waals surface area contributed by atoms with E-state index in [-0.39, 0.29) is 22.6 Å². The summed E-state index contributed by atoms with van der Waals surface area (Å²) in [5.41, 5.74) is -0.988. The normalized spacial score (nSPS) is 22.1. The van der Waals surface area contributed by atoms with Crippen LogP contribution >= 0.6 is 0 Å². The van der Waals surface area contributed by atoms with Crippen LogP contribution in [0.4, 0.5) is 18.0 Å². The fourth-order valence-corrected chi connectivity index (χ4v) is 4.66. The van der Waals surface area contributed by atoms with Gasteiger partial charge in [0.1, 0.15) is 0 Å². The molecule has 1 amide bonds. The van der Waals surface area contributed by atoms with Crippen LogP contribution in [0.25, 0.3) is 0 Å². The largest absolute Gasteiger partial charge is 0.465 e. The van der Waals surface area contributed by atoms with Crippen molar-refractivity contribution in [3.05, 3.63) is 29.8 Å². The van der Waals surface area contributed by atoms with Crippen molar-refractivity contribution in [2.24, 2.45) is 5.92 Å². The summed E-state index contributed by atoms with van der Waals surface area (Å²) in [6.07, 6.45) is -3.63. The molecule has 0 spiro atoms.